The number of allylic oxidation sites excluding steroid dienone is 2. The van der Waals surface area contributed by atoms with Gasteiger partial charge in [0, 0.05) is 55.2 Å². The summed E-state index contributed by atoms with van der Waals surface area (Å²) in [6.45, 7) is 4.90. The van der Waals surface area contributed by atoms with Crippen LogP contribution in [-0.2, 0) is 19.1 Å². The number of ketones is 1. The number of halogens is 2. The number of carbonyl (C=O) groups excluding carboxylic acids is 2. The molecule has 0 unspecified atom stereocenters. The third-order valence-electron chi connectivity index (χ3n) is 8.53. The molecule has 0 atom stereocenters. The largest absolute Gasteiger partial charge is 0.737 e. The van der Waals surface area contributed by atoms with Gasteiger partial charge in [0.2, 0.25) is 5.91 Å². The fraction of sp³-hybridized carbons (Fsp3) is 0.410. The maximum Gasteiger partial charge on any atom is 0.737 e. The Hall–Kier alpha value is -4.55. The van der Waals surface area contributed by atoms with Crippen LogP contribution in [0.4, 0.5) is 8.63 Å². The van der Waals surface area contributed by atoms with E-state index < -0.39 is 6.97 Å². The first-order valence-corrected chi connectivity index (χ1v) is 17.8. The molecule has 2 N–H and O–H groups in total. The van der Waals surface area contributed by atoms with Crippen molar-refractivity contribution in [3.8, 4) is 5.75 Å². The summed E-state index contributed by atoms with van der Waals surface area (Å²) in [6.07, 6.45) is 14.5. The molecule has 0 bridgehead atoms. The van der Waals surface area contributed by atoms with E-state index in [0.29, 0.717) is 80.1 Å². The zero-order chi connectivity index (χ0) is 36.3. The second-order valence-electron chi connectivity index (χ2n) is 14.1. The summed E-state index contributed by atoms with van der Waals surface area (Å²) in [4.78, 5) is 27.4. The number of aromatic amines is 1. The van der Waals surface area contributed by atoms with E-state index in [-0.39, 0.29) is 23.7 Å². The van der Waals surface area contributed by atoms with Crippen LogP contribution in [0.2, 0.25) is 0 Å². The molecular weight excluding hydrogens is 653 g/mol. The van der Waals surface area contributed by atoms with Gasteiger partial charge >= 0.3 is 6.97 Å². The Morgan fingerprint density at radius 3 is 2.43 bits per heavy atom. The van der Waals surface area contributed by atoms with Crippen LogP contribution in [0.5, 0.6) is 5.75 Å². The van der Waals surface area contributed by atoms with E-state index in [9.17, 15) is 9.59 Å². The van der Waals surface area contributed by atoms with E-state index in [1.54, 1.807) is 73.0 Å². The van der Waals surface area contributed by atoms with Crippen LogP contribution in [0.1, 0.15) is 81.9 Å². The topological polar surface area (TPSA) is 97.6 Å². The Kier molecular flexibility index (Phi) is 13.0. The lowest BCUT2D eigenvalue weighted by atomic mass is 9.90. The van der Waals surface area contributed by atoms with Gasteiger partial charge in [0.05, 0.1) is 26.4 Å². The highest BCUT2D eigenvalue weighted by Crippen LogP contribution is 2.34. The molecule has 0 aliphatic carbocycles. The average molecular weight is 703 g/mol. The van der Waals surface area contributed by atoms with Crippen LogP contribution in [0, 0.1) is 5.41 Å². The molecule has 1 aromatic carbocycles. The van der Waals surface area contributed by atoms with Crippen molar-refractivity contribution in [2.45, 2.75) is 59.3 Å². The number of rotatable bonds is 20. The minimum atomic E-state index is -4.13. The first-order chi connectivity index (χ1) is 24.5. The normalized spacial score (nSPS) is 14.9. The molecule has 5 rings (SSSR count). The first kappa shape index (κ1) is 37.7. The second-order valence-corrected chi connectivity index (χ2v) is 14.1. The van der Waals surface area contributed by atoms with E-state index >= 15 is 8.63 Å². The summed E-state index contributed by atoms with van der Waals surface area (Å²) in [7, 11) is 0. The molecule has 0 spiro atoms. The summed E-state index contributed by atoms with van der Waals surface area (Å²) in [6, 6.07) is 14.2. The number of benzene rings is 1. The number of Topliss-reactive ketones (excluding diaryl/α,β-unsaturated/α-hetero) is 1. The molecule has 1 amide bonds. The van der Waals surface area contributed by atoms with Crippen molar-refractivity contribution in [1.29, 1.82) is 0 Å². The highest BCUT2D eigenvalue weighted by molar-refractivity contribution is 6.58. The Balaban J connectivity index is 0.963. The third-order valence-corrected chi connectivity index (χ3v) is 8.53. The molecule has 3 aromatic rings. The van der Waals surface area contributed by atoms with Crippen molar-refractivity contribution in [3.05, 3.63) is 95.2 Å². The van der Waals surface area contributed by atoms with Crippen molar-refractivity contribution >= 4 is 42.6 Å². The van der Waals surface area contributed by atoms with Gasteiger partial charge in [-0.3, -0.25) is 9.59 Å². The lowest BCUT2D eigenvalue weighted by Gasteiger charge is -2.30. The quantitative estimate of drug-likeness (QED) is 0.0966. The summed E-state index contributed by atoms with van der Waals surface area (Å²) in [5.41, 5.74) is 3.32. The smallest absolute Gasteiger partial charge is 0.486 e. The van der Waals surface area contributed by atoms with Gasteiger partial charge in [-0.1, -0.05) is 51.8 Å². The molecule has 272 valence electrons. The van der Waals surface area contributed by atoms with Gasteiger partial charge in [0.25, 0.3) is 0 Å². The zero-order valence-electron chi connectivity index (χ0n) is 29.8. The molecule has 0 fully saturated rings. The van der Waals surface area contributed by atoms with E-state index in [2.05, 4.69) is 31.1 Å². The Morgan fingerprint density at radius 1 is 0.922 bits per heavy atom. The number of hydrogen-bond donors (Lipinski definition) is 2. The van der Waals surface area contributed by atoms with Crippen LogP contribution in [0.3, 0.4) is 0 Å². The van der Waals surface area contributed by atoms with E-state index in [1.807, 2.05) is 12.1 Å². The van der Waals surface area contributed by atoms with Crippen LogP contribution in [0.15, 0.2) is 72.6 Å². The highest BCUT2D eigenvalue weighted by atomic mass is 19.2. The maximum atomic E-state index is 16.0. The standard InChI is InChI=1S/C39H49BF2N4O5/c1-39(2,3)29-50-26-25-49-24-23-44-38(48)11-7-5-4-6-9-34(47)28-51-35-19-13-30(14-20-35)12-15-31-16-17-32-27-33-18-21-37(36-10-8-22-43-36)46(33)40(41,42)45(31)32/h8,10,12-22,27,43H,4-7,9,11,23-26,28-29H2,1-3H3,(H,44,48)/b15-12-. The number of carbonyl (C=O) groups is 2. The average Bonchev–Trinajstić information content (AvgIpc) is 3.86. The molecule has 0 saturated carbocycles. The van der Waals surface area contributed by atoms with Crippen molar-refractivity contribution < 1.29 is 36.9 Å². The predicted octanol–water partition coefficient (Wildman–Crippen LogP) is 7.12. The minimum absolute atomic E-state index is 0.0106. The molecule has 0 radical (unpaired) electrons. The molecule has 2 aliphatic heterocycles. The Morgan fingerprint density at radius 2 is 1.69 bits per heavy atom. The number of fused-ring (bicyclic) bond motifs is 2. The van der Waals surface area contributed by atoms with Crippen LogP contribution >= 0.6 is 0 Å². The van der Waals surface area contributed by atoms with Gasteiger partial charge in [-0.25, -0.2) is 0 Å². The van der Waals surface area contributed by atoms with Crippen molar-refractivity contribution in [2.75, 3.05) is 39.6 Å². The molecule has 12 heteroatoms. The van der Waals surface area contributed by atoms with Crippen molar-refractivity contribution in [1.82, 2.24) is 14.8 Å². The fourth-order valence-electron chi connectivity index (χ4n) is 6.00. The summed E-state index contributed by atoms with van der Waals surface area (Å²) in [5, 5.41) is 2.87. The predicted molar refractivity (Wildman–Crippen MR) is 198 cm³/mol. The Labute approximate surface area is 299 Å². The molecule has 2 aliphatic rings. The van der Waals surface area contributed by atoms with Crippen LogP contribution in [-0.4, -0.2) is 77.9 Å². The third kappa shape index (κ3) is 10.7. The van der Waals surface area contributed by atoms with Gasteiger partial charge in [0.15, 0.2) is 17.2 Å². The SMILES string of the molecule is CC(C)(C)COCCOCCNC(=O)CCCCCCC(=O)COc1ccc(/C=C\c2ccc3n2[B-](F)(F)[N+]2=C(c4ccc[nH]4)C=CC2=C3)cc1. The minimum Gasteiger partial charge on any atom is -0.486 e. The number of nitrogens with zero attached hydrogens (tertiary/aromatic N) is 2. The van der Waals surface area contributed by atoms with Crippen molar-refractivity contribution in [2.24, 2.45) is 5.41 Å². The molecule has 2 aromatic heterocycles. The summed E-state index contributed by atoms with van der Waals surface area (Å²) in [5.74, 6) is 0.590. The number of amides is 1. The van der Waals surface area contributed by atoms with Gasteiger partial charge in [-0.05, 0) is 66.3 Å². The number of unbranched alkanes of at least 4 members (excludes halogenated alkanes) is 3. The maximum absolute atomic E-state index is 16.0. The molecule has 9 nitrogen and oxygen atoms in total. The summed E-state index contributed by atoms with van der Waals surface area (Å²) < 4.78 is 51.0. The molecule has 51 heavy (non-hydrogen) atoms. The fourth-order valence-corrected chi connectivity index (χ4v) is 6.00. The van der Waals surface area contributed by atoms with Gasteiger partial charge < -0.3 is 42.1 Å². The van der Waals surface area contributed by atoms with Gasteiger partial charge in [-0.2, -0.15) is 0 Å². The van der Waals surface area contributed by atoms with Crippen LogP contribution in [0.25, 0.3) is 18.2 Å². The molecular formula is C39H49BF2N4O5. The van der Waals surface area contributed by atoms with E-state index in [0.717, 1.165) is 40.2 Å². The molecule has 0 saturated heterocycles. The van der Waals surface area contributed by atoms with E-state index in [4.69, 9.17) is 14.2 Å². The van der Waals surface area contributed by atoms with Gasteiger partial charge in [-0.15, -0.1) is 0 Å². The zero-order valence-corrected chi connectivity index (χ0v) is 29.8. The summed E-state index contributed by atoms with van der Waals surface area (Å²) >= 11 is 0. The number of nitrogens with one attached hydrogen (secondary N) is 2. The lowest BCUT2D eigenvalue weighted by Crippen LogP contribution is -2.50. The lowest BCUT2D eigenvalue weighted by molar-refractivity contribution is -0.360. The van der Waals surface area contributed by atoms with E-state index in [1.165, 1.54) is 0 Å². The second kappa shape index (κ2) is 17.6. The molecule has 4 heterocycles. The monoisotopic (exact) mass is 702 g/mol. The number of ether oxygens (including phenoxy) is 3. The Bertz CT molecular complexity index is 1750. The van der Waals surface area contributed by atoms with Crippen molar-refractivity contribution in [3.63, 3.8) is 0 Å². The van der Waals surface area contributed by atoms with Gasteiger partial charge in [0.1, 0.15) is 18.1 Å². The first-order valence-electron chi connectivity index (χ1n) is 17.8. The number of aromatic nitrogens is 2. The number of hydrogen-bond acceptors (Lipinski definition) is 5. The highest BCUT2D eigenvalue weighted by Gasteiger charge is 2.52. The number of H-pyrrole nitrogens is 1. The van der Waals surface area contributed by atoms with Crippen LogP contribution < -0.4 is 10.1 Å².